The summed E-state index contributed by atoms with van der Waals surface area (Å²) in [6.07, 6.45) is 3.52. The first kappa shape index (κ1) is 24.1. The minimum absolute atomic E-state index is 0.0206. The van der Waals surface area contributed by atoms with Crippen LogP contribution in [0.5, 0.6) is 5.75 Å². The van der Waals surface area contributed by atoms with Crippen molar-refractivity contribution in [3.8, 4) is 5.75 Å². The molecule has 0 aliphatic rings. The average molecular weight is 465 g/mol. The van der Waals surface area contributed by atoms with Crippen molar-refractivity contribution in [2.75, 3.05) is 13.7 Å². The second-order valence-electron chi connectivity index (χ2n) is 6.75. The molecule has 2 aromatic heterocycles. The number of carbonyl (C=O) groups is 2. The molecule has 0 N–H and O–H groups in total. The summed E-state index contributed by atoms with van der Waals surface area (Å²) < 4.78 is 15.0. The number of hydrogen-bond acceptors (Lipinski definition) is 11. The van der Waals surface area contributed by atoms with Crippen molar-refractivity contribution >= 4 is 29.0 Å². The van der Waals surface area contributed by atoms with Crippen LogP contribution in [-0.2, 0) is 27.3 Å². The summed E-state index contributed by atoms with van der Waals surface area (Å²) in [4.78, 5) is 42.5. The standard InChI is InChI=1S/C22H19N5O7/c1-32-13-19(28)10-15-9-17(26-25-16-3-2-8-23-11-16)12-24-21(15)14-33-22(29)34-20-6-4-18(5-7-20)27(30)31/h2-9,11-12H,10,13-14H2,1H3. The Morgan fingerprint density at radius 3 is 2.53 bits per heavy atom. The van der Waals surface area contributed by atoms with Gasteiger partial charge in [-0.15, -0.1) is 10.2 Å². The first-order chi connectivity index (χ1) is 16.4. The molecular formula is C22H19N5O7. The summed E-state index contributed by atoms with van der Waals surface area (Å²) in [5.41, 5.74) is 1.59. The molecule has 0 atom stereocenters. The van der Waals surface area contributed by atoms with Gasteiger partial charge in [0.25, 0.3) is 5.69 Å². The SMILES string of the molecule is COCC(=O)Cc1cc(N=Nc2cccnc2)cnc1COC(=O)Oc1ccc([N+](=O)[O-])cc1. The number of benzene rings is 1. The maximum absolute atomic E-state index is 12.1. The van der Waals surface area contributed by atoms with E-state index in [4.69, 9.17) is 14.2 Å². The fourth-order valence-electron chi connectivity index (χ4n) is 2.71. The molecule has 0 unspecified atom stereocenters. The number of non-ortho nitro benzene ring substituents is 1. The van der Waals surface area contributed by atoms with Crippen LogP contribution in [-0.4, -0.2) is 40.5 Å². The smallest absolute Gasteiger partial charge is 0.427 e. The molecule has 12 heteroatoms. The van der Waals surface area contributed by atoms with Gasteiger partial charge < -0.3 is 14.2 Å². The molecule has 0 amide bonds. The summed E-state index contributed by atoms with van der Waals surface area (Å²) in [6, 6.07) is 10.00. The molecule has 1 aromatic carbocycles. The third kappa shape index (κ3) is 7.24. The molecule has 174 valence electrons. The number of hydrogen-bond donors (Lipinski definition) is 0. The van der Waals surface area contributed by atoms with Crippen molar-refractivity contribution < 1.29 is 28.7 Å². The van der Waals surface area contributed by atoms with Gasteiger partial charge in [-0.3, -0.25) is 24.9 Å². The van der Waals surface area contributed by atoms with E-state index in [0.29, 0.717) is 22.6 Å². The number of nitro benzene ring substituents is 1. The van der Waals surface area contributed by atoms with Crippen LogP contribution in [0.15, 0.2) is 71.3 Å². The number of carbonyl (C=O) groups excluding carboxylic acids is 2. The molecule has 34 heavy (non-hydrogen) atoms. The summed E-state index contributed by atoms with van der Waals surface area (Å²) in [6.45, 7) is -0.370. The molecule has 0 saturated heterocycles. The Morgan fingerprint density at radius 1 is 1.09 bits per heavy atom. The van der Waals surface area contributed by atoms with Crippen LogP contribution < -0.4 is 4.74 Å². The van der Waals surface area contributed by atoms with E-state index in [0.717, 1.165) is 0 Å². The number of azo groups is 1. The van der Waals surface area contributed by atoms with Crippen molar-refractivity contribution in [3.63, 3.8) is 0 Å². The highest BCUT2D eigenvalue weighted by Gasteiger charge is 2.15. The zero-order valence-corrected chi connectivity index (χ0v) is 18.0. The van der Waals surface area contributed by atoms with Crippen LogP contribution in [0.2, 0.25) is 0 Å². The number of nitrogens with zero attached hydrogens (tertiary/aromatic N) is 5. The van der Waals surface area contributed by atoms with Gasteiger partial charge in [0.1, 0.15) is 30.3 Å². The summed E-state index contributed by atoms with van der Waals surface area (Å²) in [5.74, 6) is -0.134. The van der Waals surface area contributed by atoms with Crippen molar-refractivity contribution in [2.45, 2.75) is 13.0 Å². The molecule has 0 spiro atoms. The fraction of sp³-hybridized carbons (Fsp3) is 0.182. The van der Waals surface area contributed by atoms with Gasteiger partial charge in [0.2, 0.25) is 0 Å². The maximum Gasteiger partial charge on any atom is 0.514 e. The van der Waals surface area contributed by atoms with E-state index in [1.165, 1.54) is 37.6 Å². The molecule has 0 saturated carbocycles. The van der Waals surface area contributed by atoms with Gasteiger partial charge >= 0.3 is 6.16 Å². The minimum atomic E-state index is -1.04. The van der Waals surface area contributed by atoms with E-state index in [2.05, 4.69) is 20.2 Å². The lowest BCUT2D eigenvalue weighted by molar-refractivity contribution is -0.384. The third-order valence-corrected chi connectivity index (χ3v) is 4.24. The number of ketones is 1. The van der Waals surface area contributed by atoms with Crippen molar-refractivity contribution in [3.05, 3.63) is 82.4 Å². The molecular weight excluding hydrogens is 446 g/mol. The molecule has 3 rings (SSSR count). The van der Waals surface area contributed by atoms with Gasteiger partial charge in [0.15, 0.2) is 5.78 Å². The van der Waals surface area contributed by atoms with Crippen molar-refractivity contribution in [1.82, 2.24) is 9.97 Å². The Balaban J connectivity index is 1.69. The number of nitro groups is 1. The fourth-order valence-corrected chi connectivity index (χ4v) is 2.71. The Labute approximate surface area is 193 Å². The summed E-state index contributed by atoms with van der Waals surface area (Å²) in [7, 11) is 1.41. The van der Waals surface area contributed by atoms with E-state index in [1.54, 1.807) is 30.6 Å². The Hall–Kier alpha value is -4.58. The molecule has 0 aliphatic heterocycles. The van der Waals surface area contributed by atoms with Crippen molar-refractivity contribution in [2.24, 2.45) is 10.2 Å². The third-order valence-electron chi connectivity index (χ3n) is 4.24. The highest BCUT2D eigenvalue weighted by molar-refractivity contribution is 5.82. The van der Waals surface area contributed by atoms with Gasteiger partial charge in [0.05, 0.1) is 23.0 Å². The van der Waals surface area contributed by atoms with E-state index < -0.39 is 11.1 Å². The second kappa shape index (κ2) is 11.9. The monoisotopic (exact) mass is 465 g/mol. The predicted octanol–water partition coefficient (Wildman–Crippen LogP) is 4.27. The number of rotatable bonds is 10. The lowest BCUT2D eigenvalue weighted by atomic mass is 10.1. The lowest BCUT2D eigenvalue weighted by Crippen LogP contribution is -2.15. The quantitative estimate of drug-likeness (QED) is 0.140. The second-order valence-corrected chi connectivity index (χ2v) is 6.75. The van der Waals surface area contributed by atoms with Crippen LogP contribution in [0.25, 0.3) is 0 Å². The first-order valence-electron chi connectivity index (χ1n) is 9.84. The Bertz CT molecular complexity index is 1180. The van der Waals surface area contributed by atoms with Crippen molar-refractivity contribution in [1.29, 1.82) is 0 Å². The van der Waals surface area contributed by atoms with Gasteiger partial charge in [0, 0.05) is 31.9 Å². The van der Waals surface area contributed by atoms with E-state index in [-0.39, 0.29) is 36.9 Å². The van der Waals surface area contributed by atoms with Crippen LogP contribution >= 0.6 is 0 Å². The average Bonchev–Trinajstić information content (AvgIpc) is 2.83. The number of aromatic nitrogens is 2. The molecule has 2 heterocycles. The largest absolute Gasteiger partial charge is 0.514 e. The van der Waals surface area contributed by atoms with E-state index >= 15 is 0 Å². The van der Waals surface area contributed by atoms with Gasteiger partial charge in [-0.05, 0) is 35.9 Å². The molecule has 0 aliphatic carbocycles. The summed E-state index contributed by atoms with van der Waals surface area (Å²) >= 11 is 0. The maximum atomic E-state index is 12.1. The molecule has 0 radical (unpaired) electrons. The van der Waals surface area contributed by atoms with Crippen LogP contribution in [0, 0.1) is 10.1 Å². The number of methoxy groups -OCH3 is 1. The lowest BCUT2D eigenvalue weighted by Gasteiger charge is -2.10. The zero-order valence-electron chi connectivity index (χ0n) is 18.0. The minimum Gasteiger partial charge on any atom is -0.427 e. The molecule has 12 nitrogen and oxygen atoms in total. The van der Waals surface area contributed by atoms with Gasteiger partial charge in [-0.1, -0.05) is 0 Å². The highest BCUT2D eigenvalue weighted by Crippen LogP contribution is 2.21. The van der Waals surface area contributed by atoms with E-state index in [1.807, 2.05) is 0 Å². The number of ether oxygens (including phenoxy) is 3. The Morgan fingerprint density at radius 2 is 1.85 bits per heavy atom. The highest BCUT2D eigenvalue weighted by atomic mass is 16.7. The van der Waals surface area contributed by atoms with Crippen LogP contribution in [0.4, 0.5) is 21.9 Å². The van der Waals surface area contributed by atoms with E-state index in [9.17, 15) is 19.7 Å². The van der Waals surface area contributed by atoms with Crippen LogP contribution in [0.1, 0.15) is 11.3 Å². The zero-order chi connectivity index (χ0) is 24.3. The molecule has 3 aromatic rings. The topological polar surface area (TPSA) is 155 Å². The molecule has 0 bridgehead atoms. The summed E-state index contributed by atoms with van der Waals surface area (Å²) in [5, 5.41) is 18.9. The Kier molecular flexibility index (Phi) is 8.41. The normalized spacial score (nSPS) is 10.7. The van der Waals surface area contributed by atoms with Gasteiger partial charge in [-0.2, -0.15) is 0 Å². The molecule has 0 fully saturated rings. The predicted molar refractivity (Wildman–Crippen MR) is 117 cm³/mol. The van der Waals surface area contributed by atoms with Gasteiger partial charge in [-0.25, -0.2) is 4.79 Å². The number of Topliss-reactive ketones (excluding diaryl/α,β-unsaturated/α-hetero) is 1. The first-order valence-corrected chi connectivity index (χ1v) is 9.84. The van der Waals surface area contributed by atoms with Crippen LogP contribution in [0.3, 0.4) is 0 Å². The number of pyridine rings is 2.